The lowest BCUT2D eigenvalue weighted by molar-refractivity contribution is -0.145. The highest BCUT2D eigenvalue weighted by atomic mass is 79.9. The van der Waals surface area contributed by atoms with Gasteiger partial charge in [-0.15, -0.1) is 0 Å². The Bertz CT molecular complexity index is 1000. The van der Waals surface area contributed by atoms with E-state index in [1.807, 2.05) is 18.2 Å². The minimum Gasteiger partial charge on any atom is -0.507 e. The van der Waals surface area contributed by atoms with E-state index < -0.39 is 18.3 Å². The molecule has 0 spiro atoms. The summed E-state index contributed by atoms with van der Waals surface area (Å²) in [6, 6.07) is 16.1. The Morgan fingerprint density at radius 2 is 1.93 bits per heavy atom. The van der Waals surface area contributed by atoms with Gasteiger partial charge >= 0.3 is 5.97 Å². The number of carbonyl (C=O) groups excluding carboxylic acids is 1. The van der Waals surface area contributed by atoms with Crippen LogP contribution in [0, 0.1) is 11.3 Å². The molecule has 2 aromatic carbocycles. The van der Waals surface area contributed by atoms with Crippen molar-refractivity contribution in [2.45, 2.75) is 0 Å². The highest BCUT2D eigenvalue weighted by Crippen LogP contribution is 2.19. The first-order valence-electron chi connectivity index (χ1n) is 7.88. The fourth-order valence-corrected chi connectivity index (χ4v) is 2.53. The number of nitrogens with zero attached hydrogens (tertiary/aromatic N) is 2. The molecule has 8 heteroatoms. The van der Waals surface area contributed by atoms with E-state index >= 15 is 0 Å². The number of benzene rings is 2. The standard InChI is InChI=1S/C19H14BrN3O4/c20-12-5-7-13(8-6-12)26-11-18(25)27-10-17(24)14(9-21)19-22-15-3-1-2-4-16(15)23-19/h1-8,24H,10-11H2,(H,22,23)/b17-14-. The van der Waals surface area contributed by atoms with Crippen molar-refractivity contribution in [3.8, 4) is 11.8 Å². The summed E-state index contributed by atoms with van der Waals surface area (Å²) < 4.78 is 11.1. The Labute approximate surface area is 163 Å². The fourth-order valence-electron chi connectivity index (χ4n) is 2.26. The van der Waals surface area contributed by atoms with E-state index in [4.69, 9.17) is 9.47 Å². The van der Waals surface area contributed by atoms with Crippen LogP contribution >= 0.6 is 15.9 Å². The zero-order chi connectivity index (χ0) is 19.2. The second-order valence-corrected chi connectivity index (χ2v) is 6.36. The van der Waals surface area contributed by atoms with E-state index in [0.717, 1.165) is 9.99 Å². The second-order valence-electron chi connectivity index (χ2n) is 5.44. The molecule has 0 saturated heterocycles. The van der Waals surface area contributed by atoms with E-state index in [2.05, 4.69) is 25.9 Å². The predicted octanol–water partition coefficient (Wildman–Crippen LogP) is 3.74. The van der Waals surface area contributed by atoms with Gasteiger partial charge in [-0.2, -0.15) is 5.26 Å². The smallest absolute Gasteiger partial charge is 0.344 e. The predicted molar refractivity (Wildman–Crippen MR) is 102 cm³/mol. The number of aliphatic hydroxyl groups excluding tert-OH is 1. The zero-order valence-electron chi connectivity index (χ0n) is 14.0. The molecule has 2 N–H and O–H groups in total. The highest BCUT2D eigenvalue weighted by molar-refractivity contribution is 9.10. The molecule has 0 aliphatic heterocycles. The SMILES string of the molecule is N#C/C(=C(/O)COC(=O)COc1ccc(Br)cc1)c1nc2ccccc2[nH]1. The van der Waals surface area contributed by atoms with Crippen LogP contribution in [-0.2, 0) is 9.53 Å². The number of halogens is 1. The summed E-state index contributed by atoms with van der Waals surface area (Å²) in [7, 11) is 0. The number of H-pyrrole nitrogens is 1. The summed E-state index contributed by atoms with van der Waals surface area (Å²) in [5, 5.41) is 19.4. The molecule has 0 fully saturated rings. The van der Waals surface area contributed by atoms with Crippen molar-refractivity contribution in [1.29, 1.82) is 5.26 Å². The number of hydrogen-bond acceptors (Lipinski definition) is 6. The molecule has 1 aromatic heterocycles. The molecule has 7 nitrogen and oxygen atoms in total. The van der Waals surface area contributed by atoms with Gasteiger partial charge in [-0.3, -0.25) is 0 Å². The largest absolute Gasteiger partial charge is 0.507 e. The molecule has 27 heavy (non-hydrogen) atoms. The number of ether oxygens (including phenoxy) is 2. The number of para-hydroxylation sites is 2. The Kier molecular flexibility index (Phi) is 5.74. The lowest BCUT2D eigenvalue weighted by atomic mass is 10.2. The first-order chi connectivity index (χ1) is 13.1. The number of allylic oxidation sites excluding steroid dienone is 1. The third kappa shape index (κ3) is 4.65. The molecule has 0 amide bonds. The summed E-state index contributed by atoms with van der Waals surface area (Å²) in [4.78, 5) is 19.0. The van der Waals surface area contributed by atoms with E-state index in [9.17, 15) is 15.2 Å². The summed E-state index contributed by atoms with van der Waals surface area (Å²) >= 11 is 3.30. The molecule has 0 unspecified atom stereocenters. The van der Waals surface area contributed by atoms with E-state index in [1.165, 1.54) is 0 Å². The summed E-state index contributed by atoms with van der Waals surface area (Å²) in [6.45, 7) is -0.774. The summed E-state index contributed by atoms with van der Waals surface area (Å²) in [6.07, 6.45) is 0. The van der Waals surface area contributed by atoms with Crippen molar-refractivity contribution in [3.63, 3.8) is 0 Å². The quantitative estimate of drug-likeness (QED) is 0.352. The maximum absolute atomic E-state index is 11.8. The van der Waals surface area contributed by atoms with E-state index in [1.54, 1.807) is 36.4 Å². The number of hydrogen-bond donors (Lipinski definition) is 2. The lowest BCUT2D eigenvalue weighted by Crippen LogP contribution is -2.16. The van der Waals surface area contributed by atoms with Gasteiger partial charge in [0.25, 0.3) is 0 Å². The van der Waals surface area contributed by atoms with Crippen molar-refractivity contribution >= 4 is 38.5 Å². The third-order valence-corrected chi connectivity index (χ3v) is 4.10. The average molecular weight is 428 g/mol. The summed E-state index contributed by atoms with van der Waals surface area (Å²) in [5.41, 5.74) is 1.30. The van der Waals surface area contributed by atoms with Crippen molar-refractivity contribution in [3.05, 3.63) is 64.6 Å². The van der Waals surface area contributed by atoms with Crippen molar-refractivity contribution in [1.82, 2.24) is 9.97 Å². The molecule has 0 bridgehead atoms. The van der Waals surface area contributed by atoms with Crippen molar-refractivity contribution in [2.75, 3.05) is 13.2 Å². The molecule has 1 heterocycles. The van der Waals surface area contributed by atoms with Gasteiger partial charge in [0.2, 0.25) is 0 Å². The normalized spacial score (nSPS) is 11.6. The number of fused-ring (bicyclic) bond motifs is 1. The molecular weight excluding hydrogens is 414 g/mol. The molecule has 3 rings (SSSR count). The minimum atomic E-state index is -0.675. The van der Waals surface area contributed by atoms with Gasteiger partial charge in [-0.05, 0) is 36.4 Å². The monoisotopic (exact) mass is 427 g/mol. The minimum absolute atomic E-state index is 0.0900. The van der Waals surface area contributed by atoms with Crippen LogP contribution in [0.1, 0.15) is 5.82 Å². The number of imidazole rings is 1. The van der Waals surface area contributed by atoms with Gasteiger partial charge < -0.3 is 19.6 Å². The van der Waals surface area contributed by atoms with Gasteiger partial charge in [0.15, 0.2) is 18.2 Å². The van der Waals surface area contributed by atoms with Crippen LogP contribution in [0.25, 0.3) is 16.6 Å². The number of nitrogens with one attached hydrogen (secondary N) is 1. The number of esters is 1. The molecular formula is C19H14BrN3O4. The highest BCUT2D eigenvalue weighted by Gasteiger charge is 2.15. The third-order valence-electron chi connectivity index (χ3n) is 3.57. The number of aliphatic hydroxyl groups is 1. The number of aromatic nitrogens is 2. The van der Waals surface area contributed by atoms with Gasteiger partial charge in [-0.25, -0.2) is 9.78 Å². The van der Waals surface area contributed by atoms with Gasteiger partial charge in [0, 0.05) is 4.47 Å². The Balaban J connectivity index is 1.61. The van der Waals surface area contributed by atoms with Crippen LogP contribution in [-0.4, -0.2) is 34.3 Å². The van der Waals surface area contributed by atoms with Crippen LogP contribution in [0.2, 0.25) is 0 Å². The Hall–Kier alpha value is -3.31. The van der Waals surface area contributed by atoms with Crippen LogP contribution in [0.5, 0.6) is 5.75 Å². The molecule has 0 atom stereocenters. The van der Waals surface area contributed by atoms with Crippen molar-refractivity contribution in [2.24, 2.45) is 0 Å². The molecule has 0 saturated carbocycles. The first-order valence-corrected chi connectivity index (χ1v) is 8.67. The Morgan fingerprint density at radius 1 is 1.19 bits per heavy atom. The Morgan fingerprint density at radius 3 is 2.63 bits per heavy atom. The average Bonchev–Trinajstić information content (AvgIpc) is 3.10. The van der Waals surface area contributed by atoms with Crippen LogP contribution < -0.4 is 4.74 Å². The second kappa shape index (κ2) is 8.38. The van der Waals surface area contributed by atoms with E-state index in [0.29, 0.717) is 11.3 Å². The number of carbonyl (C=O) groups is 1. The number of nitriles is 1. The molecule has 0 radical (unpaired) electrons. The van der Waals surface area contributed by atoms with Gasteiger partial charge in [-0.1, -0.05) is 28.1 Å². The molecule has 3 aromatic rings. The van der Waals surface area contributed by atoms with Gasteiger partial charge in [0.1, 0.15) is 24.0 Å². The van der Waals surface area contributed by atoms with Crippen LogP contribution in [0.3, 0.4) is 0 Å². The maximum atomic E-state index is 11.8. The maximum Gasteiger partial charge on any atom is 0.344 e. The number of aromatic amines is 1. The van der Waals surface area contributed by atoms with E-state index in [-0.39, 0.29) is 18.0 Å². The first kappa shape index (κ1) is 18.5. The molecule has 0 aliphatic carbocycles. The van der Waals surface area contributed by atoms with Crippen LogP contribution in [0.15, 0.2) is 58.8 Å². The lowest BCUT2D eigenvalue weighted by Gasteiger charge is -2.07. The van der Waals surface area contributed by atoms with Gasteiger partial charge in [0.05, 0.1) is 11.0 Å². The topological polar surface area (TPSA) is 108 Å². The molecule has 136 valence electrons. The van der Waals surface area contributed by atoms with Crippen molar-refractivity contribution < 1.29 is 19.4 Å². The van der Waals surface area contributed by atoms with Crippen LogP contribution in [0.4, 0.5) is 0 Å². The summed E-state index contributed by atoms with van der Waals surface area (Å²) in [5.74, 6) is -0.354. The molecule has 0 aliphatic rings. The fraction of sp³-hybridized carbons (Fsp3) is 0.105. The zero-order valence-corrected chi connectivity index (χ0v) is 15.6. The number of rotatable bonds is 6.